The van der Waals surface area contributed by atoms with E-state index >= 15 is 0 Å². The number of pyridine rings is 1. The molecule has 4 heteroatoms. The lowest BCUT2D eigenvalue weighted by Gasteiger charge is -2.06. The summed E-state index contributed by atoms with van der Waals surface area (Å²) < 4.78 is 5.99. The molecule has 0 aliphatic carbocycles. The summed E-state index contributed by atoms with van der Waals surface area (Å²) in [5, 5.41) is 0. The normalized spacial score (nSPS) is 10.0. The molecule has 0 unspecified atom stereocenters. The molecule has 92 valence electrons. The third kappa shape index (κ3) is 3.07. The van der Waals surface area contributed by atoms with Crippen LogP contribution in [0, 0.1) is 0 Å². The number of hydrogen-bond donors (Lipinski definition) is 0. The van der Waals surface area contributed by atoms with Gasteiger partial charge in [-0.05, 0) is 11.6 Å². The van der Waals surface area contributed by atoms with E-state index in [-0.39, 0.29) is 12.2 Å². The molecular weight excluding hydrogens is 230 g/mol. The Morgan fingerprint density at radius 1 is 1.06 bits per heavy atom. The molecule has 1 aromatic heterocycles. The molecule has 0 saturated carbocycles. The van der Waals surface area contributed by atoms with Gasteiger partial charge in [0.15, 0.2) is 0 Å². The van der Waals surface area contributed by atoms with E-state index in [2.05, 4.69) is 0 Å². The number of nitrogens with zero attached hydrogens (tertiary/aromatic N) is 1. The summed E-state index contributed by atoms with van der Waals surface area (Å²) in [6, 6.07) is 14.2. The lowest BCUT2D eigenvalue weighted by Crippen LogP contribution is -2.26. The highest BCUT2D eigenvalue weighted by molar-refractivity contribution is 5.70. The minimum Gasteiger partial charge on any atom is -0.448 e. The molecule has 0 N–H and O–H groups in total. The average Bonchev–Trinajstić information content (AvgIpc) is 2.40. The molecule has 0 spiro atoms. The highest BCUT2D eigenvalue weighted by Crippen LogP contribution is 2.00. The van der Waals surface area contributed by atoms with Crippen LogP contribution in [0.5, 0.6) is 0 Å². The lowest BCUT2D eigenvalue weighted by molar-refractivity contribution is 0.148. The van der Waals surface area contributed by atoms with E-state index in [0.717, 1.165) is 10.1 Å². The van der Waals surface area contributed by atoms with E-state index in [1.165, 1.54) is 12.3 Å². The first-order chi connectivity index (χ1) is 8.77. The van der Waals surface area contributed by atoms with Crippen molar-refractivity contribution in [3.63, 3.8) is 0 Å². The maximum atomic E-state index is 11.6. The van der Waals surface area contributed by atoms with Crippen molar-refractivity contribution >= 4 is 6.09 Å². The first-order valence-electron chi connectivity index (χ1n) is 5.66. The Hall–Kier alpha value is -2.36. The molecule has 0 amide bonds. The largest absolute Gasteiger partial charge is 0.448 e. The van der Waals surface area contributed by atoms with E-state index in [4.69, 9.17) is 4.74 Å². The SMILES string of the molecule is O=C(OCCc1ccccc1)n1ccccc1=O. The van der Waals surface area contributed by atoms with Crippen LogP contribution in [0.4, 0.5) is 4.79 Å². The first kappa shape index (κ1) is 12.1. The number of rotatable bonds is 3. The molecule has 1 aromatic carbocycles. The van der Waals surface area contributed by atoms with Gasteiger partial charge in [0, 0.05) is 18.7 Å². The van der Waals surface area contributed by atoms with Crippen molar-refractivity contribution in [2.45, 2.75) is 6.42 Å². The quantitative estimate of drug-likeness (QED) is 0.829. The molecule has 1 heterocycles. The average molecular weight is 243 g/mol. The van der Waals surface area contributed by atoms with Crippen molar-refractivity contribution < 1.29 is 9.53 Å². The highest BCUT2D eigenvalue weighted by Gasteiger charge is 2.06. The van der Waals surface area contributed by atoms with Gasteiger partial charge in [0.2, 0.25) is 0 Å². The third-order valence-electron chi connectivity index (χ3n) is 2.48. The zero-order valence-electron chi connectivity index (χ0n) is 9.78. The molecule has 0 bridgehead atoms. The molecule has 0 aliphatic rings. The summed E-state index contributed by atoms with van der Waals surface area (Å²) in [5.41, 5.74) is 0.702. The van der Waals surface area contributed by atoms with Gasteiger partial charge in [-0.1, -0.05) is 36.4 Å². The van der Waals surface area contributed by atoms with Crippen LogP contribution in [0.2, 0.25) is 0 Å². The number of hydrogen-bond acceptors (Lipinski definition) is 3. The number of aromatic nitrogens is 1. The van der Waals surface area contributed by atoms with Crippen LogP contribution in [0.25, 0.3) is 0 Å². The van der Waals surface area contributed by atoms with E-state index < -0.39 is 6.09 Å². The molecule has 0 saturated heterocycles. The van der Waals surface area contributed by atoms with Gasteiger partial charge in [0.1, 0.15) is 0 Å². The van der Waals surface area contributed by atoms with Crippen LogP contribution in [0.3, 0.4) is 0 Å². The third-order valence-corrected chi connectivity index (χ3v) is 2.48. The fourth-order valence-electron chi connectivity index (χ4n) is 1.55. The van der Waals surface area contributed by atoms with Crippen molar-refractivity contribution in [2.24, 2.45) is 0 Å². The number of carbonyl (C=O) groups is 1. The molecule has 18 heavy (non-hydrogen) atoms. The Balaban J connectivity index is 1.90. The Morgan fingerprint density at radius 3 is 2.50 bits per heavy atom. The summed E-state index contributed by atoms with van der Waals surface area (Å²) >= 11 is 0. The second-order valence-corrected chi connectivity index (χ2v) is 3.76. The van der Waals surface area contributed by atoms with E-state index in [9.17, 15) is 9.59 Å². The summed E-state index contributed by atoms with van der Waals surface area (Å²) in [4.78, 5) is 23.0. The highest BCUT2D eigenvalue weighted by atomic mass is 16.5. The second kappa shape index (κ2) is 5.82. The molecule has 2 aromatic rings. The van der Waals surface area contributed by atoms with Crippen molar-refractivity contribution in [1.29, 1.82) is 0 Å². The predicted octanol–water partition coefficient (Wildman–Crippen LogP) is 2.08. The smallest absolute Gasteiger partial charge is 0.420 e. The Kier molecular flexibility index (Phi) is 3.91. The summed E-state index contributed by atoms with van der Waals surface area (Å²) in [5.74, 6) is 0. The molecule has 0 aliphatic heterocycles. The number of carbonyl (C=O) groups excluding carboxylic acids is 1. The van der Waals surface area contributed by atoms with Gasteiger partial charge in [-0.2, -0.15) is 0 Å². The van der Waals surface area contributed by atoms with Gasteiger partial charge in [-0.25, -0.2) is 9.36 Å². The fourth-order valence-corrected chi connectivity index (χ4v) is 1.55. The van der Waals surface area contributed by atoms with Crippen LogP contribution in [-0.2, 0) is 11.2 Å². The Morgan fingerprint density at radius 2 is 1.78 bits per heavy atom. The minimum atomic E-state index is -0.642. The van der Waals surface area contributed by atoms with Gasteiger partial charge >= 0.3 is 6.09 Å². The molecule has 2 rings (SSSR count). The number of ether oxygens (including phenoxy) is 1. The standard InChI is InChI=1S/C14H13NO3/c16-13-8-4-5-10-15(13)14(17)18-11-9-12-6-2-1-3-7-12/h1-8,10H,9,11H2. The second-order valence-electron chi connectivity index (χ2n) is 3.76. The van der Waals surface area contributed by atoms with E-state index in [0.29, 0.717) is 6.42 Å². The van der Waals surface area contributed by atoms with Gasteiger partial charge in [0.05, 0.1) is 6.61 Å². The fraction of sp³-hybridized carbons (Fsp3) is 0.143. The van der Waals surface area contributed by atoms with Crippen molar-refractivity contribution in [3.05, 3.63) is 70.6 Å². The van der Waals surface area contributed by atoms with Crippen molar-refractivity contribution in [1.82, 2.24) is 4.57 Å². The molecular formula is C14H13NO3. The van der Waals surface area contributed by atoms with E-state index in [1.54, 1.807) is 12.1 Å². The zero-order chi connectivity index (χ0) is 12.8. The predicted molar refractivity (Wildman–Crippen MR) is 67.6 cm³/mol. The van der Waals surface area contributed by atoms with Gasteiger partial charge in [-0.15, -0.1) is 0 Å². The van der Waals surface area contributed by atoms with Crippen LogP contribution in [-0.4, -0.2) is 17.3 Å². The first-order valence-corrected chi connectivity index (χ1v) is 5.66. The van der Waals surface area contributed by atoms with Crippen molar-refractivity contribution in [2.75, 3.05) is 6.61 Å². The minimum absolute atomic E-state index is 0.254. The zero-order valence-corrected chi connectivity index (χ0v) is 9.78. The summed E-state index contributed by atoms with van der Waals surface area (Å²) in [6.07, 6.45) is 1.39. The summed E-state index contributed by atoms with van der Waals surface area (Å²) in [6.45, 7) is 0.254. The lowest BCUT2D eigenvalue weighted by atomic mass is 10.2. The Bertz CT molecular complexity index is 575. The van der Waals surface area contributed by atoms with Gasteiger partial charge in [0.25, 0.3) is 5.56 Å². The van der Waals surface area contributed by atoms with Crippen molar-refractivity contribution in [3.8, 4) is 0 Å². The monoisotopic (exact) mass is 243 g/mol. The topological polar surface area (TPSA) is 48.3 Å². The van der Waals surface area contributed by atoms with Crippen LogP contribution in [0.1, 0.15) is 5.56 Å². The van der Waals surface area contributed by atoms with Crippen LogP contribution in [0.15, 0.2) is 59.5 Å². The Labute approximate surface area is 104 Å². The molecule has 4 nitrogen and oxygen atoms in total. The maximum absolute atomic E-state index is 11.6. The van der Waals surface area contributed by atoms with Crippen LogP contribution >= 0.6 is 0 Å². The molecule has 0 fully saturated rings. The molecule has 0 radical (unpaired) electrons. The van der Waals surface area contributed by atoms with Gasteiger partial charge in [-0.3, -0.25) is 4.79 Å². The van der Waals surface area contributed by atoms with Gasteiger partial charge < -0.3 is 4.74 Å². The summed E-state index contributed by atoms with van der Waals surface area (Å²) in [7, 11) is 0. The molecule has 0 atom stereocenters. The number of benzene rings is 1. The maximum Gasteiger partial charge on any atom is 0.420 e. The van der Waals surface area contributed by atoms with Crippen LogP contribution < -0.4 is 5.56 Å². The van der Waals surface area contributed by atoms with E-state index in [1.807, 2.05) is 30.3 Å².